The Bertz CT molecular complexity index is 7080. The van der Waals surface area contributed by atoms with E-state index in [9.17, 15) is 70.5 Å². The third kappa shape index (κ3) is 19.8. The number of imidazole rings is 4. The van der Waals surface area contributed by atoms with Crippen LogP contribution in [0.5, 0.6) is 0 Å². The number of fused-ring (bicyclic) bond motifs is 4. The van der Waals surface area contributed by atoms with Crippen molar-refractivity contribution in [2.75, 3.05) is 70.5 Å². The molecule has 0 atom stereocenters. The van der Waals surface area contributed by atoms with E-state index in [-0.39, 0.29) is 135 Å². The van der Waals surface area contributed by atoms with Crippen molar-refractivity contribution in [2.45, 2.75) is 208 Å². The summed E-state index contributed by atoms with van der Waals surface area (Å²) in [6, 6.07) is 28.0. The van der Waals surface area contributed by atoms with Crippen LogP contribution in [0.25, 0.3) is 67.6 Å². The van der Waals surface area contributed by atoms with Crippen molar-refractivity contribution in [3.63, 3.8) is 0 Å². The second-order valence-corrected chi connectivity index (χ2v) is 42.5. The highest BCUT2D eigenvalue weighted by atomic mass is 35.5. The molecule has 32 nitrogen and oxygen atoms in total. The predicted molar refractivity (Wildman–Crippen MR) is 517 cm³/mol. The number of rotatable bonds is 12. The lowest BCUT2D eigenvalue weighted by Crippen LogP contribution is -2.65. The van der Waals surface area contributed by atoms with Crippen LogP contribution in [0.4, 0.5) is 27.8 Å². The zero-order valence-corrected chi connectivity index (χ0v) is 83.0. The number of piperazine rings is 4. The number of carbonyl (C=O) groups excluding carboxylic acids is 8. The number of aliphatic hydroxyl groups is 2. The number of anilines is 1. The van der Waals surface area contributed by atoms with E-state index in [1.165, 1.54) is 67.9 Å². The maximum absolute atomic E-state index is 14.5. The van der Waals surface area contributed by atoms with E-state index < -0.39 is 50.6 Å². The van der Waals surface area contributed by atoms with Gasteiger partial charge in [-0.25, -0.2) is 59.9 Å². The smallest absolute Gasteiger partial charge is 0.275 e. The fraction of sp³-hybridized carbons (Fsp3) is 0.422. The molecule has 4 N–H and O–H groups in total. The van der Waals surface area contributed by atoms with Crippen molar-refractivity contribution >= 4 is 87.3 Å². The number of carbonyl (C=O) groups is 8. The highest BCUT2D eigenvalue weighted by Gasteiger charge is 2.50. The fourth-order valence-corrected chi connectivity index (χ4v) is 18.4. The number of benzene rings is 4. The highest BCUT2D eigenvalue weighted by Crippen LogP contribution is 2.42. The number of aliphatic hydroxyl groups excluding tert-OH is 1. The van der Waals surface area contributed by atoms with Crippen LogP contribution in [-0.4, -0.2) is 249 Å². The van der Waals surface area contributed by atoms with Crippen molar-refractivity contribution in [1.82, 2.24) is 103 Å². The van der Waals surface area contributed by atoms with E-state index >= 15 is 0 Å². The van der Waals surface area contributed by atoms with Gasteiger partial charge in [0.05, 0.1) is 69.9 Å². The number of halogens is 6. The van der Waals surface area contributed by atoms with Crippen molar-refractivity contribution in [3.05, 3.63) is 225 Å². The second-order valence-electron chi connectivity index (χ2n) is 42.1. The Balaban J connectivity index is 0.000000142. The Hall–Kier alpha value is -13.8. The molecule has 38 heteroatoms. The van der Waals surface area contributed by atoms with E-state index in [0.29, 0.717) is 121 Å². The van der Waals surface area contributed by atoms with Gasteiger partial charge in [0.2, 0.25) is 17.7 Å². The molecular formula is C102H116ClF5N22O10. The summed E-state index contributed by atoms with van der Waals surface area (Å²) in [6.07, 6.45) is 8.81. The number of aromatic nitrogens is 14. The molecule has 4 aromatic carbocycles. The van der Waals surface area contributed by atoms with Gasteiger partial charge in [0.25, 0.3) is 29.5 Å². The van der Waals surface area contributed by atoms with E-state index in [2.05, 4.69) is 71.6 Å². The lowest BCUT2D eigenvalue weighted by Gasteiger charge is -2.49. The first kappa shape index (κ1) is 101. The Labute approximate surface area is 811 Å². The predicted octanol–water partition coefficient (Wildman–Crippen LogP) is 14.8. The lowest BCUT2D eigenvalue weighted by molar-refractivity contribution is -0.153. The molecule has 0 radical (unpaired) electrons. The van der Waals surface area contributed by atoms with E-state index in [1.807, 2.05) is 92.3 Å². The molecule has 1 saturated carbocycles. The van der Waals surface area contributed by atoms with Crippen LogP contribution in [-0.2, 0) is 35.4 Å². The number of nitrogens with zero attached hydrogens (tertiary/aromatic N) is 20. The monoisotopic (exact) mass is 1940 g/mol. The van der Waals surface area contributed by atoms with Gasteiger partial charge in [-0.1, -0.05) is 93.8 Å². The standard InChI is InChI=1S/C29H35ClFN5O3.C26H28FN7O2.C24H28FN5O3.C23H25F2N5O2/c1-27(2,3)19-12-22(17-7-8-20(30)21(31)11-17)33-36-15-23(32-24(19)36)26(38)35-10-9-34(16-28(35,4)5)25(37)18-13-29(6,39)14-18;1-25(2,3)18-14-19(16-6-8-17(27)9-7-16)31-34-15-20(29-22(18)34)23(35)33-13-12-32(21-10-11-28-30-21)24(36)26(33,4)5;1-14(2)17-11-19(16-6-7-18(25)15(3)10-16)27-30-12-20(26-21(17)30)22(32)29-9-8-28(13-31)23(33)24(29,4)5;1-22(2,3)15-11-17(14-7-6-13(24)10-16(14)25)28-30-12-18(27-19(15)30)20(31)29-9-8-26-21(32)23(29,4)5/h7-8,11-12,15,18,39H,9-10,13-14,16H2,1-6H3;6-11,14-15H,12-13H2,1-5H3,(H,28,30);6-7,10-12,14,31H,8-9,13H2,1-5H3;6-7,10-12H,8-9H2,1-5H3,(H,26,32). The highest BCUT2D eigenvalue weighted by molar-refractivity contribution is 6.30. The molecule has 13 aromatic rings. The van der Waals surface area contributed by atoms with Gasteiger partial charge in [-0.05, 0) is 201 Å². The topological polar surface area (TPSA) is 361 Å². The summed E-state index contributed by atoms with van der Waals surface area (Å²) in [5.41, 5.74) is 5.67. The molecular weight excluding hydrogens is 1820 g/mol. The van der Waals surface area contributed by atoms with Gasteiger partial charge in [0.15, 0.2) is 22.6 Å². The summed E-state index contributed by atoms with van der Waals surface area (Å²) in [5, 5.41) is 47.4. The minimum atomic E-state index is -1.11. The average molecular weight is 1940 g/mol. The van der Waals surface area contributed by atoms with Crippen molar-refractivity contribution < 1.29 is 70.5 Å². The summed E-state index contributed by atoms with van der Waals surface area (Å²) in [6.45, 7) is 42.6. The first-order valence-corrected chi connectivity index (χ1v) is 46.7. The molecule has 5 aliphatic rings. The van der Waals surface area contributed by atoms with Gasteiger partial charge >= 0.3 is 0 Å². The Morgan fingerprint density at radius 2 is 0.936 bits per heavy atom. The minimum absolute atomic E-state index is 0.0374. The normalized spacial score (nSPS) is 18.1. The van der Waals surface area contributed by atoms with Crippen molar-refractivity contribution in [1.29, 1.82) is 0 Å². The third-order valence-corrected chi connectivity index (χ3v) is 26.8. The van der Waals surface area contributed by atoms with Crippen LogP contribution >= 0.6 is 11.6 Å². The van der Waals surface area contributed by atoms with Gasteiger partial charge < -0.3 is 44.9 Å². The van der Waals surface area contributed by atoms with Crippen molar-refractivity contribution in [2.24, 2.45) is 5.92 Å². The van der Waals surface area contributed by atoms with Gasteiger partial charge in [-0.15, -0.1) is 0 Å². The number of aryl methyl sites for hydroxylation is 1. The molecule has 1 aliphatic carbocycles. The summed E-state index contributed by atoms with van der Waals surface area (Å²) < 4.78 is 75.5. The molecule has 8 amide bonds. The van der Waals surface area contributed by atoms with Crippen LogP contribution < -0.4 is 10.2 Å². The van der Waals surface area contributed by atoms with Crippen LogP contribution in [0.15, 0.2) is 140 Å². The molecule has 4 aliphatic heterocycles. The van der Waals surface area contributed by atoms with Crippen molar-refractivity contribution in [3.8, 4) is 45.0 Å². The average Bonchev–Trinajstić information content (AvgIpc) is 1.59. The zero-order valence-electron chi connectivity index (χ0n) is 82.3. The quantitative estimate of drug-likeness (QED) is 0.0825. The largest absolute Gasteiger partial charge is 0.390 e. The number of H-pyrrole nitrogens is 1. The summed E-state index contributed by atoms with van der Waals surface area (Å²) in [7, 11) is 0. The number of aromatic amines is 1. The van der Waals surface area contributed by atoms with Crippen LogP contribution in [0, 0.1) is 41.9 Å². The molecule has 140 heavy (non-hydrogen) atoms. The van der Waals surface area contributed by atoms with Crippen LogP contribution in [0.1, 0.15) is 227 Å². The van der Waals surface area contributed by atoms with Gasteiger partial charge in [-0.2, -0.15) is 25.5 Å². The molecule has 736 valence electrons. The molecule has 13 heterocycles. The molecule has 18 rings (SSSR count). The van der Waals surface area contributed by atoms with Gasteiger partial charge in [-0.3, -0.25) is 48.4 Å². The Kier molecular flexibility index (Phi) is 26.9. The van der Waals surface area contributed by atoms with E-state index in [4.69, 9.17) is 16.6 Å². The summed E-state index contributed by atoms with van der Waals surface area (Å²) in [5.74, 6) is -4.04. The molecule has 4 saturated heterocycles. The van der Waals surface area contributed by atoms with Crippen LogP contribution in [0.3, 0.4) is 0 Å². The maximum Gasteiger partial charge on any atom is 0.275 e. The first-order valence-electron chi connectivity index (χ1n) is 46.3. The molecule has 5 fully saturated rings. The number of hydrogen-bond acceptors (Lipinski definition) is 19. The van der Waals surface area contributed by atoms with Crippen LogP contribution in [0.2, 0.25) is 5.02 Å². The molecule has 0 unspecified atom stereocenters. The molecule has 0 bridgehead atoms. The van der Waals surface area contributed by atoms with E-state index in [0.717, 1.165) is 39.4 Å². The Morgan fingerprint density at radius 3 is 1.42 bits per heavy atom. The number of amides is 8. The minimum Gasteiger partial charge on any atom is -0.390 e. The number of hydrogen-bond donors (Lipinski definition) is 4. The lowest BCUT2D eigenvalue weighted by atomic mass is 9.71. The first-order chi connectivity index (χ1) is 65.4. The Morgan fingerprint density at radius 1 is 0.486 bits per heavy atom. The SMILES string of the molecule is CC(C)(C)c1cc(-c2ccc(F)cc2)nn2cc(C(=O)N3CCN(c4ccn[nH]4)C(=O)C3(C)C)nc12.CC(C)(C)c1cc(-c2ccc(F)cc2F)nn2cc(C(=O)N3CCNC(=O)C3(C)C)nc12.CC1(O)CC(C(=O)N2CCN(C(=O)c3cn4nc(-c5ccc(Cl)c(F)c5)cc(C(C)(C)C)c4n3)C(C)(C)C2)C1.Cc1cc(-c2cc(C(C)C)c3nc(C(=O)N4CCN(CO)C(=O)C4(C)C)cn3n2)ccc1F. The maximum atomic E-state index is 14.5. The zero-order chi connectivity index (χ0) is 102. The van der Waals surface area contributed by atoms with E-state index in [1.54, 1.807) is 151 Å². The molecule has 9 aromatic heterocycles. The summed E-state index contributed by atoms with van der Waals surface area (Å²) in [4.78, 5) is 135. The fourth-order valence-electron chi connectivity index (χ4n) is 18.3. The third-order valence-electron chi connectivity index (χ3n) is 26.5. The number of nitrogens with one attached hydrogen (secondary N) is 2. The van der Waals surface area contributed by atoms with Gasteiger partial charge in [0, 0.05) is 121 Å². The summed E-state index contributed by atoms with van der Waals surface area (Å²) >= 11 is 5.88. The second kappa shape index (κ2) is 37.4. The molecule has 0 spiro atoms. The van der Waals surface area contributed by atoms with Gasteiger partial charge in [0.1, 0.15) is 81.0 Å².